The van der Waals surface area contributed by atoms with Crippen molar-refractivity contribution >= 4 is 24.3 Å². The van der Waals surface area contributed by atoms with Crippen molar-refractivity contribution in [2.24, 2.45) is 4.99 Å². The SMILES string of the molecule is COc1ccc(C2=CC(c3ccc(OC)cc3)=NC2=C(c2c(OC)cccc2OC)c2c(-c3ccc(OC)cc3)cc(-c3ccc(OC)cc3)n2B(F)F)cc1. The first-order chi connectivity index (χ1) is 27.3. The quantitative estimate of drug-likeness (QED) is 0.109. The van der Waals surface area contributed by atoms with Crippen LogP contribution in [0.4, 0.5) is 8.63 Å². The third-order valence-corrected chi connectivity index (χ3v) is 9.73. The van der Waals surface area contributed by atoms with Crippen molar-refractivity contribution < 1.29 is 37.1 Å². The summed E-state index contributed by atoms with van der Waals surface area (Å²) in [6.07, 6.45) is 1.97. The van der Waals surface area contributed by atoms with E-state index in [9.17, 15) is 0 Å². The average molecular weight is 753 g/mol. The number of aliphatic imine (C=N–C) groups is 1. The van der Waals surface area contributed by atoms with Gasteiger partial charge >= 0.3 is 7.40 Å². The fourth-order valence-corrected chi connectivity index (χ4v) is 6.91. The molecule has 282 valence electrons. The summed E-state index contributed by atoms with van der Waals surface area (Å²) in [6, 6.07) is 36.6. The topological polar surface area (TPSA) is 72.7 Å². The average Bonchev–Trinajstić information content (AvgIpc) is 3.87. The molecule has 1 aromatic heterocycles. The zero-order valence-electron chi connectivity index (χ0n) is 31.8. The molecule has 0 N–H and O–H groups in total. The van der Waals surface area contributed by atoms with Gasteiger partial charge in [-0.15, -0.1) is 0 Å². The molecule has 0 bridgehead atoms. The van der Waals surface area contributed by atoms with Crippen LogP contribution in [0.25, 0.3) is 33.5 Å². The number of nitrogens with zero attached hydrogens (tertiary/aromatic N) is 2. The highest BCUT2D eigenvalue weighted by Crippen LogP contribution is 2.50. The van der Waals surface area contributed by atoms with E-state index in [1.807, 2.05) is 66.7 Å². The van der Waals surface area contributed by atoms with Crippen LogP contribution in [-0.2, 0) is 0 Å². The van der Waals surface area contributed by atoms with Gasteiger partial charge in [-0.05, 0) is 114 Å². The maximum atomic E-state index is 16.2. The van der Waals surface area contributed by atoms with Crippen LogP contribution in [0.2, 0.25) is 0 Å². The van der Waals surface area contributed by atoms with Gasteiger partial charge < -0.3 is 32.9 Å². The summed E-state index contributed by atoms with van der Waals surface area (Å²) < 4.78 is 67.2. The second kappa shape index (κ2) is 16.3. The number of aromatic nitrogens is 1. The number of hydrogen-bond donors (Lipinski definition) is 0. The van der Waals surface area contributed by atoms with Gasteiger partial charge in [0, 0.05) is 28.0 Å². The third kappa shape index (κ3) is 7.11. The molecule has 0 unspecified atom stereocenters. The zero-order valence-corrected chi connectivity index (χ0v) is 31.8. The molecule has 0 amide bonds. The number of halogens is 2. The van der Waals surface area contributed by atoms with Gasteiger partial charge in [0.1, 0.15) is 34.5 Å². The van der Waals surface area contributed by atoms with Crippen LogP contribution in [0.15, 0.2) is 138 Å². The van der Waals surface area contributed by atoms with Crippen molar-refractivity contribution in [2.45, 2.75) is 0 Å². The fourth-order valence-electron chi connectivity index (χ4n) is 6.91. The number of ether oxygens (including phenoxy) is 6. The predicted octanol–water partition coefficient (Wildman–Crippen LogP) is 9.99. The molecule has 0 atom stereocenters. The Kier molecular flexibility index (Phi) is 10.9. The Hall–Kier alpha value is -6.75. The minimum absolute atomic E-state index is 0.202. The minimum atomic E-state index is -3.00. The Bertz CT molecular complexity index is 2420. The van der Waals surface area contributed by atoms with Crippen LogP contribution in [-0.4, -0.2) is 60.3 Å². The Morgan fingerprint density at radius 3 is 1.43 bits per heavy atom. The second-order valence-electron chi connectivity index (χ2n) is 12.7. The molecule has 1 aliphatic rings. The highest BCUT2D eigenvalue weighted by molar-refractivity contribution is 6.43. The van der Waals surface area contributed by atoms with Crippen molar-refractivity contribution in [1.29, 1.82) is 0 Å². The molecule has 56 heavy (non-hydrogen) atoms. The number of rotatable bonds is 13. The largest absolute Gasteiger partial charge is 0.678 e. The molecule has 8 nitrogen and oxygen atoms in total. The molecule has 0 saturated carbocycles. The standard InChI is InChI=1S/C45H39BF2N2O6/c1-51-32-18-10-28(11-19-32)36-26-38(30-14-22-34(53-3)23-15-30)49-44(36)43(42-40(55-5)8-7-9-41(42)56-6)45-37(29-12-20-33(52-2)21-13-29)27-39(50(45)46(47)48)31-16-24-35(54-4)25-17-31/h7-27H,1-6H3. The molecule has 1 aliphatic heterocycles. The summed E-state index contributed by atoms with van der Waals surface area (Å²) >= 11 is 0. The lowest BCUT2D eigenvalue weighted by atomic mass is 9.89. The monoisotopic (exact) mass is 752 g/mol. The summed E-state index contributed by atoms with van der Waals surface area (Å²) in [5.74, 6) is 3.38. The van der Waals surface area contributed by atoms with Crippen LogP contribution < -0.4 is 28.4 Å². The summed E-state index contributed by atoms with van der Waals surface area (Å²) in [4.78, 5) is 5.31. The Balaban J connectivity index is 1.66. The molecule has 0 aliphatic carbocycles. The van der Waals surface area contributed by atoms with Crippen LogP contribution in [0.1, 0.15) is 22.4 Å². The number of benzene rings is 5. The predicted molar refractivity (Wildman–Crippen MR) is 218 cm³/mol. The fraction of sp³-hybridized carbons (Fsp3) is 0.133. The molecular weight excluding hydrogens is 713 g/mol. The molecule has 2 heterocycles. The van der Waals surface area contributed by atoms with Crippen molar-refractivity contribution in [2.75, 3.05) is 42.7 Å². The van der Waals surface area contributed by atoms with Crippen LogP contribution in [0, 0.1) is 0 Å². The molecule has 0 spiro atoms. The van der Waals surface area contributed by atoms with Crippen molar-refractivity contribution in [3.8, 4) is 56.9 Å². The van der Waals surface area contributed by atoms with Gasteiger partial charge in [0.25, 0.3) is 0 Å². The van der Waals surface area contributed by atoms with E-state index in [1.54, 1.807) is 103 Å². The van der Waals surface area contributed by atoms with E-state index in [1.165, 1.54) is 0 Å². The van der Waals surface area contributed by atoms with Gasteiger partial charge in [0.2, 0.25) is 0 Å². The van der Waals surface area contributed by atoms with Crippen LogP contribution in [0.3, 0.4) is 0 Å². The molecule has 11 heteroatoms. The first kappa shape index (κ1) is 37.6. The van der Waals surface area contributed by atoms with Crippen molar-refractivity contribution in [3.05, 3.63) is 155 Å². The highest BCUT2D eigenvalue weighted by atomic mass is 19.2. The molecule has 6 aromatic rings. The van der Waals surface area contributed by atoms with E-state index in [2.05, 4.69) is 0 Å². The van der Waals surface area contributed by atoms with E-state index in [4.69, 9.17) is 33.4 Å². The van der Waals surface area contributed by atoms with Gasteiger partial charge in [0.15, 0.2) is 0 Å². The van der Waals surface area contributed by atoms with E-state index in [-0.39, 0.29) is 11.4 Å². The molecule has 0 radical (unpaired) electrons. The van der Waals surface area contributed by atoms with Crippen LogP contribution in [0.5, 0.6) is 34.5 Å². The van der Waals surface area contributed by atoms with E-state index in [0.29, 0.717) is 79.3 Å². The van der Waals surface area contributed by atoms with E-state index >= 15 is 8.63 Å². The summed E-state index contributed by atoms with van der Waals surface area (Å²) in [5, 5.41) is 0. The summed E-state index contributed by atoms with van der Waals surface area (Å²) in [6.45, 7) is 0. The second-order valence-corrected chi connectivity index (χ2v) is 12.7. The molecule has 0 saturated heterocycles. The highest BCUT2D eigenvalue weighted by Gasteiger charge is 2.36. The van der Waals surface area contributed by atoms with Gasteiger partial charge in [-0.25, -0.2) is 4.99 Å². The first-order valence-corrected chi connectivity index (χ1v) is 17.7. The lowest BCUT2D eigenvalue weighted by Crippen LogP contribution is -2.18. The van der Waals surface area contributed by atoms with Gasteiger partial charge in [-0.3, -0.25) is 8.63 Å². The number of allylic oxidation sites excluding steroid dienone is 2. The summed E-state index contributed by atoms with van der Waals surface area (Å²) in [5.41, 5.74) is 6.39. The molecule has 7 rings (SSSR count). The van der Waals surface area contributed by atoms with Crippen molar-refractivity contribution in [3.63, 3.8) is 0 Å². The first-order valence-electron chi connectivity index (χ1n) is 17.7. The normalized spacial score (nSPS) is 13.1. The minimum Gasteiger partial charge on any atom is -0.497 e. The maximum Gasteiger partial charge on any atom is 0.678 e. The van der Waals surface area contributed by atoms with Crippen LogP contribution >= 0.6 is 0 Å². The van der Waals surface area contributed by atoms with Crippen molar-refractivity contribution in [1.82, 2.24) is 4.48 Å². The van der Waals surface area contributed by atoms with E-state index in [0.717, 1.165) is 15.6 Å². The number of hydrogen-bond acceptors (Lipinski definition) is 7. The summed E-state index contributed by atoms with van der Waals surface area (Å²) in [7, 11) is 6.44. The number of methoxy groups -OCH3 is 6. The Labute approximate surface area is 325 Å². The molecular formula is C45H39BF2N2O6. The molecule has 5 aromatic carbocycles. The third-order valence-electron chi connectivity index (χ3n) is 9.73. The van der Waals surface area contributed by atoms with E-state index < -0.39 is 7.40 Å². The Morgan fingerprint density at radius 2 is 0.982 bits per heavy atom. The molecule has 0 fully saturated rings. The smallest absolute Gasteiger partial charge is 0.497 e. The lowest BCUT2D eigenvalue weighted by molar-refractivity contribution is 0.392. The van der Waals surface area contributed by atoms with Gasteiger partial charge in [-0.2, -0.15) is 0 Å². The zero-order chi connectivity index (χ0) is 39.3. The maximum absolute atomic E-state index is 16.2. The Morgan fingerprint density at radius 1 is 0.536 bits per heavy atom. The van der Waals surface area contributed by atoms with Gasteiger partial charge in [-0.1, -0.05) is 30.3 Å². The lowest BCUT2D eigenvalue weighted by Gasteiger charge is -2.22. The van der Waals surface area contributed by atoms with Gasteiger partial charge in [0.05, 0.1) is 65.3 Å².